The summed E-state index contributed by atoms with van der Waals surface area (Å²) in [5, 5.41) is 22.6. The maximum atomic E-state index is 12.0. The second-order valence-corrected chi connectivity index (χ2v) is 8.53. The monoisotopic (exact) mass is 510 g/mol. The van der Waals surface area contributed by atoms with Gasteiger partial charge in [0.1, 0.15) is 11.6 Å². The zero-order valence-corrected chi connectivity index (χ0v) is 20.3. The molecule has 2 aromatic rings. The smallest absolute Gasteiger partial charge is 0.303 e. The Labute approximate surface area is 214 Å². The summed E-state index contributed by atoms with van der Waals surface area (Å²) < 4.78 is 0. The van der Waals surface area contributed by atoms with Gasteiger partial charge in [-0.3, -0.25) is 28.8 Å². The van der Waals surface area contributed by atoms with E-state index in [-0.39, 0.29) is 74.7 Å². The molecule has 0 saturated heterocycles. The van der Waals surface area contributed by atoms with E-state index in [0.717, 1.165) is 11.1 Å². The maximum Gasteiger partial charge on any atom is 0.303 e. The molecule has 2 rings (SSSR count). The lowest BCUT2D eigenvalue weighted by atomic mass is 10.0. The molecule has 0 aromatic heterocycles. The van der Waals surface area contributed by atoms with Crippen molar-refractivity contribution in [3.8, 4) is 0 Å². The SMILES string of the molecule is O=C(O)CCC(=O)CCC(=O)Nc1ccc(Cc2ccc(NC(=O)CCC(=O)CCC(=O)O)cc2)cc1. The first-order valence-electron chi connectivity index (χ1n) is 11.9. The molecular weight excluding hydrogens is 480 g/mol. The number of anilines is 2. The number of rotatable bonds is 16. The molecule has 0 unspecified atom stereocenters. The van der Waals surface area contributed by atoms with E-state index in [9.17, 15) is 28.8 Å². The van der Waals surface area contributed by atoms with Gasteiger partial charge in [0.05, 0.1) is 12.8 Å². The fraction of sp³-hybridized carbons (Fsp3) is 0.333. The Bertz CT molecular complexity index is 1030. The van der Waals surface area contributed by atoms with Crippen LogP contribution in [0.15, 0.2) is 48.5 Å². The quantitative estimate of drug-likeness (QED) is 0.266. The van der Waals surface area contributed by atoms with Crippen LogP contribution in [0.2, 0.25) is 0 Å². The number of Topliss-reactive ketones (excluding diaryl/α,β-unsaturated/α-hetero) is 2. The Balaban J connectivity index is 1.75. The number of carbonyl (C=O) groups excluding carboxylic acids is 4. The van der Waals surface area contributed by atoms with Gasteiger partial charge in [0.2, 0.25) is 11.8 Å². The molecule has 0 aliphatic carbocycles. The Morgan fingerprint density at radius 2 is 0.811 bits per heavy atom. The van der Waals surface area contributed by atoms with Crippen LogP contribution < -0.4 is 10.6 Å². The highest BCUT2D eigenvalue weighted by molar-refractivity contribution is 5.94. The van der Waals surface area contributed by atoms with E-state index in [1.807, 2.05) is 24.3 Å². The van der Waals surface area contributed by atoms with Crippen LogP contribution >= 0.6 is 0 Å². The van der Waals surface area contributed by atoms with Crippen LogP contribution in [0.1, 0.15) is 62.5 Å². The van der Waals surface area contributed by atoms with Crippen LogP contribution in [0.3, 0.4) is 0 Å². The molecule has 0 radical (unpaired) electrons. The molecule has 4 N–H and O–H groups in total. The summed E-state index contributed by atoms with van der Waals surface area (Å²) in [4.78, 5) is 68.2. The molecule has 0 saturated carbocycles. The third-order valence-electron chi connectivity index (χ3n) is 5.38. The standard InChI is InChI=1S/C27H30N2O8/c30-22(11-15-26(34)35)9-13-24(32)28-20-5-1-18(2-6-20)17-19-3-7-21(8-4-19)29-25(33)14-10-23(31)12-16-27(36)37/h1-8H,9-17H2,(H,28,32)(H,29,33)(H,34,35)(H,36,37). The first kappa shape index (κ1) is 28.9. The Morgan fingerprint density at radius 3 is 1.14 bits per heavy atom. The number of hydrogen-bond donors (Lipinski definition) is 4. The number of carbonyl (C=O) groups is 6. The van der Waals surface area contributed by atoms with Crippen LogP contribution in [0.4, 0.5) is 11.4 Å². The molecule has 2 amide bonds. The summed E-state index contributed by atoms with van der Waals surface area (Å²) in [7, 11) is 0. The molecule has 0 bridgehead atoms. The Kier molecular flexibility index (Phi) is 11.7. The number of carboxylic acids is 2. The lowest BCUT2D eigenvalue weighted by Crippen LogP contribution is -2.14. The first-order chi connectivity index (χ1) is 17.6. The molecular formula is C27H30N2O8. The van der Waals surface area contributed by atoms with Gasteiger partial charge in [-0.15, -0.1) is 0 Å². The lowest BCUT2D eigenvalue weighted by molar-refractivity contribution is -0.139. The molecule has 10 heteroatoms. The van der Waals surface area contributed by atoms with Crippen LogP contribution in [-0.2, 0) is 35.2 Å². The van der Waals surface area contributed by atoms with Crippen molar-refractivity contribution in [3.63, 3.8) is 0 Å². The van der Waals surface area contributed by atoms with E-state index in [1.165, 1.54) is 0 Å². The molecule has 10 nitrogen and oxygen atoms in total. The van der Waals surface area contributed by atoms with E-state index in [2.05, 4.69) is 10.6 Å². The summed E-state index contributed by atoms with van der Waals surface area (Å²) in [6.45, 7) is 0. The second-order valence-electron chi connectivity index (χ2n) is 8.53. The van der Waals surface area contributed by atoms with Crippen molar-refractivity contribution < 1.29 is 39.0 Å². The van der Waals surface area contributed by atoms with E-state index in [4.69, 9.17) is 10.2 Å². The third kappa shape index (κ3) is 12.3. The molecule has 37 heavy (non-hydrogen) atoms. The van der Waals surface area contributed by atoms with E-state index >= 15 is 0 Å². The molecule has 196 valence electrons. The molecule has 0 atom stereocenters. The van der Waals surface area contributed by atoms with Crippen molar-refractivity contribution in [1.29, 1.82) is 0 Å². The minimum absolute atomic E-state index is 0.00143. The number of ketones is 2. The third-order valence-corrected chi connectivity index (χ3v) is 5.38. The van der Waals surface area contributed by atoms with Gasteiger partial charge in [-0.25, -0.2) is 0 Å². The van der Waals surface area contributed by atoms with Crippen LogP contribution in [-0.4, -0.2) is 45.5 Å². The molecule has 0 aliphatic rings. The number of aliphatic carboxylic acids is 2. The van der Waals surface area contributed by atoms with Crippen LogP contribution in [0.25, 0.3) is 0 Å². The normalized spacial score (nSPS) is 10.4. The van der Waals surface area contributed by atoms with E-state index in [1.54, 1.807) is 24.3 Å². The van der Waals surface area contributed by atoms with Crippen LogP contribution in [0.5, 0.6) is 0 Å². The predicted octanol–water partition coefficient (Wildman–Crippen LogP) is 3.58. The average Bonchev–Trinajstić information content (AvgIpc) is 2.86. The average molecular weight is 511 g/mol. The summed E-state index contributed by atoms with van der Waals surface area (Å²) in [6.07, 6.45) is -0.0360. The van der Waals surface area contributed by atoms with Gasteiger partial charge in [0.25, 0.3) is 0 Å². The zero-order valence-electron chi connectivity index (χ0n) is 20.3. The van der Waals surface area contributed by atoms with E-state index < -0.39 is 11.9 Å². The summed E-state index contributed by atoms with van der Waals surface area (Å²) in [5.74, 6) is -3.25. The van der Waals surface area contributed by atoms with Gasteiger partial charge in [-0.2, -0.15) is 0 Å². The predicted molar refractivity (Wildman–Crippen MR) is 135 cm³/mol. The number of carboxylic acid groups (broad SMARTS) is 2. The van der Waals surface area contributed by atoms with Gasteiger partial charge in [0.15, 0.2) is 0 Å². The maximum absolute atomic E-state index is 12.0. The van der Waals surface area contributed by atoms with Gasteiger partial charge < -0.3 is 20.8 Å². The Hall–Kier alpha value is -4.34. The van der Waals surface area contributed by atoms with Crippen molar-refractivity contribution in [1.82, 2.24) is 0 Å². The lowest BCUT2D eigenvalue weighted by Gasteiger charge is -2.08. The minimum atomic E-state index is -1.04. The van der Waals surface area contributed by atoms with Gasteiger partial charge in [0, 0.05) is 49.9 Å². The van der Waals surface area contributed by atoms with Gasteiger partial charge in [-0.05, 0) is 41.8 Å². The molecule has 0 fully saturated rings. The Morgan fingerprint density at radius 1 is 0.486 bits per heavy atom. The molecule has 2 aromatic carbocycles. The summed E-state index contributed by atoms with van der Waals surface area (Å²) >= 11 is 0. The van der Waals surface area contributed by atoms with Crippen molar-refractivity contribution in [2.45, 2.75) is 57.8 Å². The summed E-state index contributed by atoms with van der Waals surface area (Å²) in [5.41, 5.74) is 3.18. The number of amides is 2. The molecule has 0 aliphatic heterocycles. The number of benzene rings is 2. The highest BCUT2D eigenvalue weighted by Gasteiger charge is 2.11. The van der Waals surface area contributed by atoms with Gasteiger partial charge >= 0.3 is 11.9 Å². The first-order valence-corrected chi connectivity index (χ1v) is 11.9. The van der Waals surface area contributed by atoms with Crippen molar-refractivity contribution in [3.05, 3.63) is 59.7 Å². The fourth-order valence-electron chi connectivity index (χ4n) is 3.34. The topological polar surface area (TPSA) is 167 Å². The van der Waals surface area contributed by atoms with Crippen molar-refractivity contribution in [2.75, 3.05) is 10.6 Å². The van der Waals surface area contributed by atoms with Gasteiger partial charge in [-0.1, -0.05) is 24.3 Å². The number of hydrogen-bond acceptors (Lipinski definition) is 6. The van der Waals surface area contributed by atoms with Crippen molar-refractivity contribution in [2.24, 2.45) is 0 Å². The minimum Gasteiger partial charge on any atom is -0.481 e. The van der Waals surface area contributed by atoms with E-state index in [0.29, 0.717) is 17.8 Å². The largest absolute Gasteiger partial charge is 0.481 e. The zero-order chi connectivity index (χ0) is 27.2. The number of nitrogens with one attached hydrogen (secondary N) is 2. The highest BCUT2D eigenvalue weighted by Crippen LogP contribution is 2.17. The van der Waals surface area contributed by atoms with Crippen LogP contribution in [0, 0.1) is 0 Å². The second kappa shape index (κ2) is 14.9. The highest BCUT2D eigenvalue weighted by atomic mass is 16.4. The fourth-order valence-corrected chi connectivity index (χ4v) is 3.34. The van der Waals surface area contributed by atoms with Crippen molar-refractivity contribution >= 4 is 46.7 Å². The summed E-state index contributed by atoms with van der Waals surface area (Å²) in [6, 6.07) is 14.5. The molecule has 0 heterocycles. The molecule has 0 spiro atoms.